The number of hydrogen-bond acceptors (Lipinski definition) is 4. The van der Waals surface area contributed by atoms with Crippen LogP contribution in [0.15, 0.2) is 60.9 Å². The second-order valence-corrected chi connectivity index (χ2v) is 5.73. The van der Waals surface area contributed by atoms with Gasteiger partial charge in [0.15, 0.2) is 0 Å². The maximum Gasteiger partial charge on any atom is 0.251 e. The molecule has 1 aromatic rings. The fourth-order valence-electron chi connectivity index (χ4n) is 2.70. The first-order valence-corrected chi connectivity index (χ1v) is 8.13. The summed E-state index contributed by atoms with van der Waals surface area (Å²) in [6.45, 7) is 12.9. The van der Waals surface area contributed by atoms with E-state index >= 15 is 0 Å². The van der Waals surface area contributed by atoms with E-state index in [4.69, 9.17) is 4.74 Å². The standard InChI is InChI=1S/C19H25N3O2/c1-4-7-16(15(2)3)19(23)21-14-18(17-8-5-6-9-20-17)22-10-12-24-13-11-22/h4-9,18H,1-2,10-14H2,3H3,(H,21,23)/b16-7+. The van der Waals surface area contributed by atoms with Crippen molar-refractivity contribution in [2.45, 2.75) is 13.0 Å². The summed E-state index contributed by atoms with van der Waals surface area (Å²) in [5, 5.41) is 3.01. The number of allylic oxidation sites excluding steroid dienone is 2. The van der Waals surface area contributed by atoms with Gasteiger partial charge in [0.2, 0.25) is 0 Å². The van der Waals surface area contributed by atoms with E-state index in [1.54, 1.807) is 18.3 Å². The molecule has 1 atom stereocenters. The molecular formula is C19H25N3O2. The molecule has 1 amide bonds. The molecule has 2 rings (SSSR count). The third-order valence-corrected chi connectivity index (χ3v) is 3.96. The number of nitrogens with one attached hydrogen (secondary N) is 1. The fraction of sp³-hybridized carbons (Fsp3) is 0.368. The average molecular weight is 327 g/mol. The summed E-state index contributed by atoms with van der Waals surface area (Å²) in [6, 6.07) is 5.87. The zero-order valence-corrected chi connectivity index (χ0v) is 14.2. The van der Waals surface area contributed by atoms with Crippen molar-refractivity contribution in [3.05, 3.63) is 66.5 Å². The maximum atomic E-state index is 12.4. The Hall–Kier alpha value is -2.24. The van der Waals surface area contributed by atoms with Gasteiger partial charge >= 0.3 is 0 Å². The molecule has 1 unspecified atom stereocenters. The van der Waals surface area contributed by atoms with Crippen LogP contribution in [0.4, 0.5) is 0 Å². The number of hydrogen-bond donors (Lipinski definition) is 1. The first-order chi connectivity index (χ1) is 11.6. The molecular weight excluding hydrogens is 302 g/mol. The Balaban J connectivity index is 2.11. The van der Waals surface area contributed by atoms with Gasteiger partial charge in [-0.1, -0.05) is 25.3 Å². The molecule has 5 nitrogen and oxygen atoms in total. The van der Waals surface area contributed by atoms with Gasteiger partial charge in [-0.05, 0) is 30.7 Å². The number of aromatic nitrogens is 1. The number of nitrogens with zero attached hydrogens (tertiary/aromatic N) is 2. The van der Waals surface area contributed by atoms with Crippen LogP contribution in [0, 0.1) is 0 Å². The summed E-state index contributed by atoms with van der Waals surface area (Å²) >= 11 is 0. The Bertz CT molecular complexity index is 604. The van der Waals surface area contributed by atoms with E-state index in [1.807, 2.05) is 25.1 Å². The number of morpholine rings is 1. The van der Waals surface area contributed by atoms with Gasteiger partial charge in [-0.3, -0.25) is 14.7 Å². The number of ether oxygens (including phenoxy) is 1. The number of rotatable bonds is 7. The first-order valence-electron chi connectivity index (χ1n) is 8.13. The lowest BCUT2D eigenvalue weighted by Crippen LogP contribution is -2.44. The molecule has 24 heavy (non-hydrogen) atoms. The van der Waals surface area contributed by atoms with Crippen LogP contribution in [0.3, 0.4) is 0 Å². The summed E-state index contributed by atoms with van der Waals surface area (Å²) < 4.78 is 5.43. The van der Waals surface area contributed by atoms with Gasteiger partial charge in [0.25, 0.3) is 5.91 Å². The molecule has 1 saturated heterocycles. The van der Waals surface area contributed by atoms with Crippen molar-refractivity contribution in [3.8, 4) is 0 Å². The van der Waals surface area contributed by atoms with Crippen LogP contribution in [-0.4, -0.2) is 48.6 Å². The Kier molecular flexibility index (Phi) is 6.90. The highest BCUT2D eigenvalue weighted by Crippen LogP contribution is 2.19. The Labute approximate surface area is 143 Å². The average Bonchev–Trinajstić information content (AvgIpc) is 2.61. The topological polar surface area (TPSA) is 54.5 Å². The minimum atomic E-state index is -0.142. The fourth-order valence-corrected chi connectivity index (χ4v) is 2.70. The Morgan fingerprint density at radius 3 is 2.79 bits per heavy atom. The van der Waals surface area contributed by atoms with E-state index in [-0.39, 0.29) is 11.9 Å². The predicted octanol–water partition coefficient (Wildman–Crippen LogP) is 2.26. The molecule has 2 heterocycles. The highest BCUT2D eigenvalue weighted by molar-refractivity contribution is 5.97. The summed E-state index contributed by atoms with van der Waals surface area (Å²) in [5.74, 6) is -0.142. The van der Waals surface area contributed by atoms with E-state index in [2.05, 4.69) is 28.4 Å². The summed E-state index contributed by atoms with van der Waals surface area (Å²) in [4.78, 5) is 19.2. The maximum absolute atomic E-state index is 12.4. The lowest BCUT2D eigenvalue weighted by atomic mass is 10.1. The van der Waals surface area contributed by atoms with Crippen LogP contribution >= 0.6 is 0 Å². The van der Waals surface area contributed by atoms with Gasteiger partial charge in [-0.2, -0.15) is 0 Å². The Morgan fingerprint density at radius 1 is 1.46 bits per heavy atom. The zero-order chi connectivity index (χ0) is 17.4. The SMILES string of the molecule is C=C/C=C(\C(=C)C)C(=O)NCC(c1ccccn1)N1CCOCC1. The number of carbonyl (C=O) groups excluding carboxylic acids is 1. The van der Waals surface area contributed by atoms with E-state index in [0.29, 0.717) is 30.9 Å². The first kappa shape index (κ1) is 18.1. The lowest BCUT2D eigenvalue weighted by Gasteiger charge is -2.34. The van der Waals surface area contributed by atoms with Crippen molar-refractivity contribution in [3.63, 3.8) is 0 Å². The van der Waals surface area contributed by atoms with Crippen LogP contribution in [0.1, 0.15) is 18.7 Å². The molecule has 1 fully saturated rings. The quantitative estimate of drug-likeness (QED) is 0.616. The van der Waals surface area contributed by atoms with Gasteiger partial charge in [-0.15, -0.1) is 0 Å². The monoisotopic (exact) mass is 327 g/mol. The number of amides is 1. The zero-order valence-electron chi connectivity index (χ0n) is 14.2. The van der Waals surface area contributed by atoms with Crippen molar-refractivity contribution < 1.29 is 9.53 Å². The predicted molar refractivity (Wildman–Crippen MR) is 95.5 cm³/mol. The molecule has 1 aliphatic rings. The normalized spacial score (nSPS) is 17.1. The molecule has 0 radical (unpaired) electrons. The summed E-state index contributed by atoms with van der Waals surface area (Å²) in [6.07, 6.45) is 5.06. The second kappa shape index (κ2) is 9.15. The van der Waals surface area contributed by atoms with Gasteiger partial charge in [0.05, 0.1) is 24.9 Å². The van der Waals surface area contributed by atoms with Crippen LogP contribution in [0.2, 0.25) is 0 Å². The van der Waals surface area contributed by atoms with Gasteiger partial charge in [0, 0.05) is 31.4 Å². The molecule has 1 aliphatic heterocycles. The van der Waals surface area contributed by atoms with Crippen LogP contribution in [-0.2, 0) is 9.53 Å². The summed E-state index contributed by atoms with van der Waals surface area (Å²) in [7, 11) is 0. The third kappa shape index (κ3) is 4.88. The highest BCUT2D eigenvalue weighted by atomic mass is 16.5. The molecule has 0 saturated carbocycles. The smallest absolute Gasteiger partial charge is 0.251 e. The van der Waals surface area contributed by atoms with Crippen molar-refractivity contribution in [2.75, 3.05) is 32.8 Å². The van der Waals surface area contributed by atoms with E-state index < -0.39 is 0 Å². The number of pyridine rings is 1. The van der Waals surface area contributed by atoms with Crippen molar-refractivity contribution in [1.82, 2.24) is 15.2 Å². The molecule has 128 valence electrons. The molecule has 5 heteroatoms. The summed E-state index contributed by atoms with van der Waals surface area (Å²) in [5.41, 5.74) is 2.21. The van der Waals surface area contributed by atoms with Crippen LogP contribution in [0.5, 0.6) is 0 Å². The third-order valence-electron chi connectivity index (χ3n) is 3.96. The number of carbonyl (C=O) groups is 1. The van der Waals surface area contributed by atoms with Crippen LogP contribution in [0.25, 0.3) is 0 Å². The van der Waals surface area contributed by atoms with Gasteiger partial charge in [-0.25, -0.2) is 0 Å². The molecule has 1 N–H and O–H groups in total. The molecule has 1 aromatic heterocycles. The molecule has 0 aliphatic carbocycles. The molecule has 0 spiro atoms. The Morgan fingerprint density at radius 2 is 2.21 bits per heavy atom. The minimum Gasteiger partial charge on any atom is -0.379 e. The van der Waals surface area contributed by atoms with E-state index in [1.165, 1.54) is 0 Å². The van der Waals surface area contributed by atoms with Crippen molar-refractivity contribution >= 4 is 5.91 Å². The lowest BCUT2D eigenvalue weighted by molar-refractivity contribution is -0.117. The molecule has 0 bridgehead atoms. The van der Waals surface area contributed by atoms with Crippen molar-refractivity contribution in [2.24, 2.45) is 0 Å². The molecule has 0 aromatic carbocycles. The van der Waals surface area contributed by atoms with Gasteiger partial charge < -0.3 is 10.1 Å². The van der Waals surface area contributed by atoms with E-state index in [0.717, 1.165) is 18.8 Å². The highest BCUT2D eigenvalue weighted by Gasteiger charge is 2.24. The van der Waals surface area contributed by atoms with Crippen LogP contribution < -0.4 is 5.32 Å². The van der Waals surface area contributed by atoms with Crippen molar-refractivity contribution in [1.29, 1.82) is 0 Å². The minimum absolute atomic E-state index is 0.0224. The van der Waals surface area contributed by atoms with Gasteiger partial charge in [0.1, 0.15) is 0 Å². The van der Waals surface area contributed by atoms with E-state index in [9.17, 15) is 4.79 Å². The largest absolute Gasteiger partial charge is 0.379 e. The second-order valence-electron chi connectivity index (χ2n) is 5.73.